The molecule has 1 aromatic carbocycles. The molecule has 2 aromatic rings. The van der Waals surface area contributed by atoms with E-state index in [1.54, 1.807) is 13.0 Å². The van der Waals surface area contributed by atoms with Crippen LogP contribution < -0.4 is 0 Å². The quantitative estimate of drug-likeness (QED) is 0.921. The largest absolute Gasteiger partial charge is 0.478 e. The van der Waals surface area contributed by atoms with Crippen molar-refractivity contribution in [3.05, 3.63) is 27.6 Å². The summed E-state index contributed by atoms with van der Waals surface area (Å²) >= 11 is 3.34. The molecule has 0 spiro atoms. The molecule has 88 valence electrons. The van der Waals surface area contributed by atoms with Crippen molar-refractivity contribution < 1.29 is 14.3 Å². The highest BCUT2D eigenvalue weighted by molar-refractivity contribution is 9.10. The van der Waals surface area contributed by atoms with Gasteiger partial charge in [-0.15, -0.1) is 0 Å². The number of halogens is 1. The monoisotopic (exact) mass is 295 g/mol. The molecule has 0 aliphatic heterocycles. The van der Waals surface area contributed by atoms with Crippen LogP contribution in [0, 0.1) is 6.92 Å². The minimum absolute atomic E-state index is 0.264. The van der Waals surface area contributed by atoms with Gasteiger partial charge in [0, 0.05) is 5.92 Å². The molecule has 0 radical (unpaired) electrons. The molecule has 0 bridgehead atoms. The van der Waals surface area contributed by atoms with Gasteiger partial charge in [-0.1, -0.05) is 0 Å². The SMILES string of the molecule is Cc1c(C(=O)O)cc(Br)c2oc(C3CC3)nc12. The van der Waals surface area contributed by atoms with Crippen molar-refractivity contribution >= 4 is 33.0 Å². The van der Waals surface area contributed by atoms with Crippen LogP contribution in [0.1, 0.15) is 40.6 Å². The van der Waals surface area contributed by atoms with Gasteiger partial charge in [0.2, 0.25) is 0 Å². The van der Waals surface area contributed by atoms with Gasteiger partial charge >= 0.3 is 5.97 Å². The molecule has 17 heavy (non-hydrogen) atoms. The third-order valence-electron chi connectivity index (χ3n) is 3.05. The zero-order valence-corrected chi connectivity index (χ0v) is 10.7. The van der Waals surface area contributed by atoms with E-state index in [2.05, 4.69) is 20.9 Å². The van der Waals surface area contributed by atoms with Crippen LogP contribution in [0.3, 0.4) is 0 Å². The van der Waals surface area contributed by atoms with Gasteiger partial charge in [-0.25, -0.2) is 9.78 Å². The van der Waals surface area contributed by atoms with Crippen molar-refractivity contribution in [2.24, 2.45) is 0 Å². The van der Waals surface area contributed by atoms with Gasteiger partial charge < -0.3 is 9.52 Å². The van der Waals surface area contributed by atoms with Gasteiger partial charge in [-0.05, 0) is 47.3 Å². The lowest BCUT2D eigenvalue weighted by Gasteiger charge is -2.01. The predicted molar refractivity (Wildman–Crippen MR) is 65.4 cm³/mol. The Labute approximate surface area is 106 Å². The van der Waals surface area contributed by atoms with E-state index < -0.39 is 5.97 Å². The number of aromatic carboxylic acids is 1. The van der Waals surface area contributed by atoms with Crippen LogP contribution in [-0.2, 0) is 0 Å². The fourth-order valence-electron chi connectivity index (χ4n) is 1.91. The second kappa shape index (κ2) is 3.57. The molecule has 1 saturated carbocycles. The zero-order chi connectivity index (χ0) is 12.2. The van der Waals surface area contributed by atoms with E-state index in [4.69, 9.17) is 9.52 Å². The molecule has 0 unspecified atom stereocenters. The van der Waals surface area contributed by atoms with Gasteiger partial charge in [0.25, 0.3) is 0 Å². The Morgan fingerprint density at radius 2 is 2.29 bits per heavy atom. The maximum atomic E-state index is 11.1. The second-order valence-corrected chi connectivity index (χ2v) is 5.19. The molecule has 1 fully saturated rings. The zero-order valence-electron chi connectivity index (χ0n) is 9.16. The van der Waals surface area contributed by atoms with Crippen molar-refractivity contribution in [2.75, 3.05) is 0 Å². The number of hydrogen-bond donors (Lipinski definition) is 1. The summed E-state index contributed by atoms with van der Waals surface area (Å²) in [5.41, 5.74) is 2.22. The average molecular weight is 296 g/mol. The van der Waals surface area contributed by atoms with Crippen LogP contribution >= 0.6 is 15.9 Å². The first-order chi connectivity index (χ1) is 8.08. The van der Waals surface area contributed by atoms with Crippen LogP contribution in [0.15, 0.2) is 15.0 Å². The lowest BCUT2D eigenvalue weighted by molar-refractivity contribution is 0.0696. The van der Waals surface area contributed by atoms with Crippen LogP contribution in [0.25, 0.3) is 11.1 Å². The van der Waals surface area contributed by atoms with E-state index in [0.717, 1.165) is 18.7 Å². The van der Waals surface area contributed by atoms with Crippen molar-refractivity contribution in [3.8, 4) is 0 Å². The Kier molecular flexibility index (Phi) is 2.26. The summed E-state index contributed by atoms with van der Waals surface area (Å²) in [7, 11) is 0. The number of aromatic nitrogens is 1. The fraction of sp³-hybridized carbons (Fsp3) is 0.333. The molecule has 5 heteroatoms. The lowest BCUT2D eigenvalue weighted by atomic mass is 10.1. The first kappa shape index (κ1) is 10.8. The molecule has 0 amide bonds. The average Bonchev–Trinajstić information content (AvgIpc) is 3.02. The Bertz CT molecular complexity index is 628. The Morgan fingerprint density at radius 3 is 2.88 bits per heavy atom. The molecule has 1 heterocycles. The summed E-state index contributed by atoms with van der Waals surface area (Å²) < 4.78 is 6.34. The van der Waals surface area contributed by atoms with Crippen LogP contribution in [0.5, 0.6) is 0 Å². The summed E-state index contributed by atoms with van der Waals surface area (Å²) in [5, 5.41) is 9.10. The topological polar surface area (TPSA) is 63.3 Å². The number of nitrogens with zero attached hydrogens (tertiary/aromatic N) is 1. The Morgan fingerprint density at radius 1 is 1.59 bits per heavy atom. The highest BCUT2D eigenvalue weighted by Gasteiger charge is 2.30. The first-order valence-electron chi connectivity index (χ1n) is 5.40. The second-order valence-electron chi connectivity index (χ2n) is 4.34. The van der Waals surface area contributed by atoms with E-state index in [9.17, 15) is 4.79 Å². The van der Waals surface area contributed by atoms with Gasteiger partial charge in [0.05, 0.1) is 10.0 Å². The molecular formula is C12H10BrNO3. The van der Waals surface area contributed by atoms with E-state index in [1.165, 1.54) is 0 Å². The van der Waals surface area contributed by atoms with Crippen LogP contribution in [-0.4, -0.2) is 16.1 Å². The third-order valence-corrected chi connectivity index (χ3v) is 3.64. The highest BCUT2D eigenvalue weighted by atomic mass is 79.9. The number of carboxylic acid groups (broad SMARTS) is 1. The van der Waals surface area contributed by atoms with E-state index in [-0.39, 0.29) is 5.56 Å². The Hall–Kier alpha value is -1.36. The third kappa shape index (κ3) is 1.65. The van der Waals surface area contributed by atoms with Gasteiger partial charge in [0.1, 0.15) is 5.52 Å². The molecule has 1 aliphatic carbocycles. The Balaban J connectivity index is 2.29. The molecule has 1 N–H and O–H groups in total. The van der Waals surface area contributed by atoms with Crippen molar-refractivity contribution in [1.82, 2.24) is 4.98 Å². The minimum Gasteiger partial charge on any atom is -0.478 e. The normalized spacial score (nSPS) is 15.4. The molecule has 0 atom stereocenters. The number of fused-ring (bicyclic) bond motifs is 1. The maximum Gasteiger partial charge on any atom is 0.336 e. The smallest absolute Gasteiger partial charge is 0.336 e. The number of oxazole rings is 1. The molecule has 1 aromatic heterocycles. The highest BCUT2D eigenvalue weighted by Crippen LogP contribution is 2.42. The summed E-state index contributed by atoms with van der Waals surface area (Å²) in [6, 6.07) is 1.57. The first-order valence-corrected chi connectivity index (χ1v) is 6.20. The van der Waals surface area contributed by atoms with Crippen LogP contribution in [0.2, 0.25) is 0 Å². The van der Waals surface area contributed by atoms with E-state index >= 15 is 0 Å². The predicted octanol–water partition coefficient (Wildman–Crippen LogP) is 3.47. The van der Waals surface area contributed by atoms with Crippen molar-refractivity contribution in [2.45, 2.75) is 25.7 Å². The van der Waals surface area contributed by atoms with E-state index in [0.29, 0.717) is 27.1 Å². The molecule has 4 nitrogen and oxygen atoms in total. The summed E-state index contributed by atoms with van der Waals surface area (Å²) in [5.74, 6) is 0.203. The van der Waals surface area contributed by atoms with Gasteiger partial charge in [-0.3, -0.25) is 0 Å². The summed E-state index contributed by atoms with van der Waals surface area (Å²) in [4.78, 5) is 15.5. The van der Waals surface area contributed by atoms with Gasteiger partial charge in [-0.2, -0.15) is 0 Å². The molecule has 0 saturated heterocycles. The van der Waals surface area contributed by atoms with Gasteiger partial charge in [0.15, 0.2) is 11.5 Å². The minimum atomic E-state index is -0.943. The number of hydrogen-bond acceptors (Lipinski definition) is 3. The number of carboxylic acids is 1. The van der Waals surface area contributed by atoms with Crippen molar-refractivity contribution in [3.63, 3.8) is 0 Å². The number of rotatable bonds is 2. The fourth-order valence-corrected chi connectivity index (χ4v) is 2.41. The number of carbonyl (C=O) groups is 1. The maximum absolute atomic E-state index is 11.1. The summed E-state index contributed by atoms with van der Waals surface area (Å²) in [6.45, 7) is 1.76. The summed E-state index contributed by atoms with van der Waals surface area (Å²) in [6.07, 6.45) is 2.21. The number of benzene rings is 1. The number of aryl methyl sites for hydroxylation is 1. The lowest BCUT2D eigenvalue weighted by Crippen LogP contribution is -2.00. The van der Waals surface area contributed by atoms with E-state index in [1.807, 2.05) is 0 Å². The molecule has 3 rings (SSSR count). The molecular weight excluding hydrogens is 286 g/mol. The van der Waals surface area contributed by atoms with Crippen molar-refractivity contribution in [1.29, 1.82) is 0 Å². The van der Waals surface area contributed by atoms with Crippen LogP contribution in [0.4, 0.5) is 0 Å². The standard InChI is InChI=1S/C12H10BrNO3/c1-5-7(12(15)16)4-8(13)10-9(5)14-11(17-10)6-2-3-6/h4,6H,2-3H2,1H3,(H,15,16). The molecule has 1 aliphatic rings.